The summed E-state index contributed by atoms with van der Waals surface area (Å²) < 4.78 is 7.43. The lowest BCUT2D eigenvalue weighted by Gasteiger charge is -2.34. The molecule has 1 fully saturated rings. The van der Waals surface area contributed by atoms with Gasteiger partial charge in [0, 0.05) is 12.2 Å². The second-order valence-electron chi connectivity index (χ2n) is 5.70. The molecule has 2 aromatic heterocycles. The fraction of sp³-hybridized carbons (Fsp3) is 0.643. The first-order valence-electron chi connectivity index (χ1n) is 7.22. The van der Waals surface area contributed by atoms with Crippen molar-refractivity contribution >= 4 is 0 Å². The van der Waals surface area contributed by atoms with Crippen molar-refractivity contribution in [2.75, 3.05) is 0 Å². The van der Waals surface area contributed by atoms with Gasteiger partial charge in [0.25, 0.3) is 5.89 Å². The Bertz CT molecular complexity index is 624. The SMILES string of the molecule is CCCn1nc(C)c(-c2nc(C3(N)CCC3)no2)c1C. The van der Waals surface area contributed by atoms with E-state index in [1.807, 2.05) is 18.5 Å². The lowest BCUT2D eigenvalue weighted by molar-refractivity contribution is 0.229. The number of aryl methyl sites for hydroxylation is 2. The first kappa shape index (κ1) is 13.3. The molecule has 1 aliphatic carbocycles. The summed E-state index contributed by atoms with van der Waals surface area (Å²) in [6.07, 6.45) is 4.04. The molecule has 2 heterocycles. The molecule has 0 aliphatic heterocycles. The minimum Gasteiger partial charge on any atom is -0.334 e. The number of nitrogens with two attached hydrogens (primary N) is 1. The van der Waals surface area contributed by atoms with E-state index in [-0.39, 0.29) is 5.54 Å². The van der Waals surface area contributed by atoms with E-state index in [0.717, 1.165) is 49.2 Å². The highest BCUT2D eigenvalue weighted by molar-refractivity contribution is 5.59. The van der Waals surface area contributed by atoms with Gasteiger partial charge in [0.15, 0.2) is 5.82 Å². The van der Waals surface area contributed by atoms with E-state index in [4.69, 9.17) is 10.3 Å². The number of rotatable bonds is 4. The topological polar surface area (TPSA) is 82.8 Å². The zero-order chi connectivity index (χ0) is 14.3. The van der Waals surface area contributed by atoms with Gasteiger partial charge in [-0.3, -0.25) is 4.68 Å². The Morgan fingerprint density at radius 1 is 1.35 bits per heavy atom. The monoisotopic (exact) mass is 275 g/mol. The zero-order valence-corrected chi connectivity index (χ0v) is 12.3. The summed E-state index contributed by atoms with van der Waals surface area (Å²) >= 11 is 0. The van der Waals surface area contributed by atoms with Gasteiger partial charge in [0.2, 0.25) is 0 Å². The molecule has 0 spiro atoms. The molecule has 0 radical (unpaired) electrons. The standard InChI is InChI=1S/C14H21N5O/c1-4-8-19-10(3)11(9(2)17-19)12-16-13(18-20-12)14(15)6-5-7-14/h4-8,15H2,1-3H3. The third-order valence-corrected chi connectivity index (χ3v) is 4.15. The Kier molecular flexibility index (Phi) is 3.12. The van der Waals surface area contributed by atoms with Crippen LogP contribution in [0.5, 0.6) is 0 Å². The maximum atomic E-state index is 6.24. The fourth-order valence-corrected chi connectivity index (χ4v) is 2.74. The minimum absolute atomic E-state index is 0.386. The Hall–Kier alpha value is -1.69. The Labute approximate surface area is 118 Å². The van der Waals surface area contributed by atoms with Crippen molar-refractivity contribution in [3.63, 3.8) is 0 Å². The third-order valence-electron chi connectivity index (χ3n) is 4.15. The van der Waals surface area contributed by atoms with Crippen LogP contribution in [0.2, 0.25) is 0 Å². The van der Waals surface area contributed by atoms with Crippen LogP contribution in [0.1, 0.15) is 49.8 Å². The lowest BCUT2D eigenvalue weighted by atomic mass is 9.77. The fourth-order valence-electron chi connectivity index (χ4n) is 2.74. The summed E-state index contributed by atoms with van der Waals surface area (Å²) in [6.45, 7) is 7.04. The van der Waals surface area contributed by atoms with Crippen LogP contribution in [0.4, 0.5) is 0 Å². The van der Waals surface area contributed by atoms with E-state index >= 15 is 0 Å². The van der Waals surface area contributed by atoms with Gasteiger partial charge in [-0.15, -0.1) is 0 Å². The van der Waals surface area contributed by atoms with Gasteiger partial charge in [0.1, 0.15) is 0 Å². The molecular formula is C14H21N5O. The molecule has 2 N–H and O–H groups in total. The number of nitrogens with zero attached hydrogens (tertiary/aromatic N) is 4. The molecule has 2 aromatic rings. The van der Waals surface area contributed by atoms with Gasteiger partial charge in [-0.2, -0.15) is 10.1 Å². The molecule has 6 heteroatoms. The number of aromatic nitrogens is 4. The van der Waals surface area contributed by atoms with Crippen LogP contribution in [0.3, 0.4) is 0 Å². The summed E-state index contributed by atoms with van der Waals surface area (Å²) in [4.78, 5) is 4.51. The number of hydrogen-bond acceptors (Lipinski definition) is 5. The normalized spacial score (nSPS) is 17.2. The largest absolute Gasteiger partial charge is 0.334 e. The average molecular weight is 275 g/mol. The predicted molar refractivity (Wildman–Crippen MR) is 75.0 cm³/mol. The summed E-state index contributed by atoms with van der Waals surface area (Å²) in [5, 5.41) is 8.62. The molecule has 1 saturated carbocycles. The van der Waals surface area contributed by atoms with Crippen LogP contribution in [0, 0.1) is 13.8 Å². The summed E-state index contributed by atoms with van der Waals surface area (Å²) in [6, 6.07) is 0. The van der Waals surface area contributed by atoms with Gasteiger partial charge < -0.3 is 10.3 Å². The highest BCUT2D eigenvalue weighted by Crippen LogP contribution is 2.38. The third kappa shape index (κ3) is 1.95. The van der Waals surface area contributed by atoms with Crippen molar-refractivity contribution in [3.8, 4) is 11.5 Å². The molecule has 3 rings (SSSR count). The molecule has 0 amide bonds. The van der Waals surface area contributed by atoms with E-state index in [1.165, 1.54) is 0 Å². The van der Waals surface area contributed by atoms with Crippen LogP contribution in [-0.4, -0.2) is 19.9 Å². The first-order valence-corrected chi connectivity index (χ1v) is 7.22. The van der Waals surface area contributed by atoms with Crippen LogP contribution in [-0.2, 0) is 12.1 Å². The number of hydrogen-bond donors (Lipinski definition) is 1. The van der Waals surface area contributed by atoms with Crippen LogP contribution in [0.15, 0.2) is 4.52 Å². The van der Waals surface area contributed by atoms with Crippen molar-refractivity contribution in [1.82, 2.24) is 19.9 Å². The maximum absolute atomic E-state index is 6.24. The van der Waals surface area contributed by atoms with Crippen LogP contribution in [0.25, 0.3) is 11.5 Å². The minimum atomic E-state index is -0.386. The second kappa shape index (κ2) is 4.70. The first-order chi connectivity index (χ1) is 9.55. The molecule has 108 valence electrons. The van der Waals surface area contributed by atoms with Gasteiger partial charge in [-0.25, -0.2) is 0 Å². The smallest absolute Gasteiger partial charge is 0.261 e. The molecule has 6 nitrogen and oxygen atoms in total. The van der Waals surface area contributed by atoms with Crippen LogP contribution >= 0.6 is 0 Å². The zero-order valence-electron chi connectivity index (χ0n) is 12.3. The molecule has 0 unspecified atom stereocenters. The highest BCUT2D eigenvalue weighted by atomic mass is 16.5. The molecular weight excluding hydrogens is 254 g/mol. The summed E-state index contributed by atoms with van der Waals surface area (Å²) in [5.74, 6) is 1.16. The van der Waals surface area contributed by atoms with Crippen molar-refractivity contribution in [3.05, 3.63) is 17.2 Å². The summed E-state index contributed by atoms with van der Waals surface area (Å²) in [5.41, 5.74) is 8.79. The van der Waals surface area contributed by atoms with E-state index in [2.05, 4.69) is 22.2 Å². The van der Waals surface area contributed by atoms with Crippen molar-refractivity contribution in [2.24, 2.45) is 5.73 Å². The highest BCUT2D eigenvalue weighted by Gasteiger charge is 2.39. The Morgan fingerprint density at radius 2 is 2.10 bits per heavy atom. The van der Waals surface area contributed by atoms with E-state index in [1.54, 1.807) is 0 Å². The van der Waals surface area contributed by atoms with E-state index < -0.39 is 0 Å². The van der Waals surface area contributed by atoms with E-state index in [0.29, 0.717) is 11.7 Å². The van der Waals surface area contributed by atoms with Gasteiger partial charge >= 0.3 is 0 Å². The molecule has 0 atom stereocenters. The van der Waals surface area contributed by atoms with Crippen LogP contribution < -0.4 is 5.73 Å². The quantitative estimate of drug-likeness (QED) is 0.925. The Balaban J connectivity index is 1.97. The molecule has 0 bridgehead atoms. The average Bonchev–Trinajstić information content (AvgIpc) is 2.94. The van der Waals surface area contributed by atoms with Crippen molar-refractivity contribution in [1.29, 1.82) is 0 Å². The van der Waals surface area contributed by atoms with Gasteiger partial charge in [-0.1, -0.05) is 12.1 Å². The summed E-state index contributed by atoms with van der Waals surface area (Å²) in [7, 11) is 0. The maximum Gasteiger partial charge on any atom is 0.261 e. The van der Waals surface area contributed by atoms with Gasteiger partial charge in [-0.05, 0) is 39.5 Å². The molecule has 0 aromatic carbocycles. The molecule has 0 saturated heterocycles. The molecule has 1 aliphatic rings. The van der Waals surface area contributed by atoms with Gasteiger partial charge in [0.05, 0.1) is 16.8 Å². The van der Waals surface area contributed by atoms with Crippen molar-refractivity contribution < 1.29 is 4.52 Å². The Morgan fingerprint density at radius 3 is 2.70 bits per heavy atom. The second-order valence-corrected chi connectivity index (χ2v) is 5.70. The lowest BCUT2D eigenvalue weighted by Crippen LogP contribution is -2.44. The van der Waals surface area contributed by atoms with Crippen molar-refractivity contribution in [2.45, 2.75) is 58.5 Å². The predicted octanol–water partition coefficient (Wildman–Crippen LogP) is 2.30. The molecule has 20 heavy (non-hydrogen) atoms. The van der Waals surface area contributed by atoms with E-state index in [9.17, 15) is 0 Å².